The van der Waals surface area contributed by atoms with Crippen LogP contribution in [-0.2, 0) is 0 Å². The van der Waals surface area contributed by atoms with Gasteiger partial charge in [0.2, 0.25) is 0 Å². The van der Waals surface area contributed by atoms with E-state index in [1.54, 1.807) is 0 Å². The Balaban J connectivity index is 1.86. The van der Waals surface area contributed by atoms with Gasteiger partial charge in [-0.25, -0.2) is 9.67 Å². The first-order chi connectivity index (χ1) is 10.8. The van der Waals surface area contributed by atoms with Crippen molar-refractivity contribution in [3.05, 3.63) is 54.6 Å². The van der Waals surface area contributed by atoms with Gasteiger partial charge in [0.25, 0.3) is 0 Å². The fourth-order valence-corrected chi connectivity index (χ4v) is 4.20. The molecule has 0 aliphatic carbocycles. The number of aryl methyl sites for hydroxylation is 1. The smallest absolute Gasteiger partial charge is 0.142 e. The number of hydrogen-bond acceptors (Lipinski definition) is 3. The van der Waals surface area contributed by atoms with Gasteiger partial charge in [-0.05, 0) is 37.3 Å². The van der Waals surface area contributed by atoms with E-state index in [-0.39, 0.29) is 0 Å². The van der Waals surface area contributed by atoms with Gasteiger partial charge in [-0.2, -0.15) is 16.9 Å². The van der Waals surface area contributed by atoms with Crippen molar-refractivity contribution in [2.75, 3.05) is 11.5 Å². The Hall–Kier alpha value is -2.01. The zero-order chi connectivity index (χ0) is 14.9. The van der Waals surface area contributed by atoms with Crippen LogP contribution < -0.4 is 0 Å². The van der Waals surface area contributed by atoms with Crippen LogP contribution in [0.15, 0.2) is 49.1 Å². The number of thioether (sulfide) groups is 1. The van der Waals surface area contributed by atoms with Crippen molar-refractivity contribution in [3.63, 3.8) is 0 Å². The Kier molecular flexibility index (Phi) is 3.50. The predicted molar refractivity (Wildman–Crippen MR) is 90.5 cm³/mol. The molecule has 1 saturated heterocycles. The van der Waals surface area contributed by atoms with E-state index in [1.807, 2.05) is 41.1 Å². The highest BCUT2D eigenvalue weighted by molar-refractivity contribution is 7.99. The number of imidazole rings is 1. The molecule has 0 spiro atoms. The minimum absolute atomic E-state index is 0.550. The fraction of sp³-hybridized carbons (Fsp3) is 0.294. The van der Waals surface area contributed by atoms with Crippen molar-refractivity contribution >= 4 is 11.8 Å². The largest absolute Gasteiger partial charge is 0.327 e. The lowest BCUT2D eigenvalue weighted by Crippen LogP contribution is -2.10. The minimum Gasteiger partial charge on any atom is -0.327 e. The molecule has 1 fully saturated rings. The second-order valence-corrected chi connectivity index (χ2v) is 6.80. The quantitative estimate of drug-likeness (QED) is 0.739. The molecular weight excluding hydrogens is 292 g/mol. The van der Waals surface area contributed by atoms with Crippen LogP contribution in [0.25, 0.3) is 17.1 Å². The van der Waals surface area contributed by atoms with Crippen LogP contribution in [0.2, 0.25) is 0 Å². The summed E-state index contributed by atoms with van der Waals surface area (Å²) in [5, 5.41) is 4.39. The SMILES string of the molecule is Cc1ccc(-n2cccn2)c(-c2nccn2[C@@H]2CCSC2)c1. The van der Waals surface area contributed by atoms with Gasteiger partial charge in [0, 0.05) is 42.1 Å². The molecule has 0 N–H and O–H groups in total. The van der Waals surface area contributed by atoms with Gasteiger partial charge < -0.3 is 4.57 Å². The van der Waals surface area contributed by atoms with Crippen molar-refractivity contribution in [1.29, 1.82) is 0 Å². The second kappa shape index (κ2) is 5.65. The number of nitrogens with zero attached hydrogens (tertiary/aromatic N) is 4. The molecule has 1 aliphatic rings. The third-order valence-corrected chi connectivity index (χ3v) is 5.26. The summed E-state index contributed by atoms with van der Waals surface area (Å²) in [5.41, 5.74) is 3.46. The molecule has 22 heavy (non-hydrogen) atoms. The first-order valence-corrected chi connectivity index (χ1v) is 8.70. The van der Waals surface area contributed by atoms with Crippen LogP contribution in [0.3, 0.4) is 0 Å². The van der Waals surface area contributed by atoms with E-state index >= 15 is 0 Å². The minimum atomic E-state index is 0.550. The van der Waals surface area contributed by atoms with Gasteiger partial charge in [-0.3, -0.25) is 0 Å². The molecular formula is C17H18N4S. The molecule has 5 heteroatoms. The molecule has 1 aromatic carbocycles. The molecule has 112 valence electrons. The molecule has 3 aromatic rings. The zero-order valence-corrected chi connectivity index (χ0v) is 13.3. The lowest BCUT2D eigenvalue weighted by atomic mass is 10.1. The Morgan fingerprint density at radius 3 is 2.95 bits per heavy atom. The summed E-state index contributed by atoms with van der Waals surface area (Å²) in [4.78, 5) is 4.66. The molecule has 0 saturated carbocycles. The monoisotopic (exact) mass is 310 g/mol. The van der Waals surface area contributed by atoms with Crippen molar-refractivity contribution < 1.29 is 0 Å². The van der Waals surface area contributed by atoms with Gasteiger partial charge in [-0.1, -0.05) is 11.6 Å². The van der Waals surface area contributed by atoms with Crippen molar-refractivity contribution in [2.45, 2.75) is 19.4 Å². The van der Waals surface area contributed by atoms with E-state index in [2.05, 4.69) is 46.0 Å². The highest BCUT2D eigenvalue weighted by atomic mass is 32.2. The van der Waals surface area contributed by atoms with Crippen LogP contribution in [0.4, 0.5) is 0 Å². The molecule has 4 rings (SSSR count). The van der Waals surface area contributed by atoms with E-state index in [0.29, 0.717) is 6.04 Å². The van der Waals surface area contributed by atoms with Gasteiger partial charge in [-0.15, -0.1) is 0 Å². The van der Waals surface area contributed by atoms with Gasteiger partial charge in [0.15, 0.2) is 0 Å². The van der Waals surface area contributed by atoms with Crippen LogP contribution >= 0.6 is 11.8 Å². The Morgan fingerprint density at radius 1 is 1.23 bits per heavy atom. The van der Waals surface area contributed by atoms with E-state index in [1.165, 1.54) is 23.5 Å². The third-order valence-electron chi connectivity index (χ3n) is 4.11. The van der Waals surface area contributed by atoms with Gasteiger partial charge >= 0.3 is 0 Å². The standard InChI is InChI=1S/C17H18N4S/c1-13-3-4-16(21-8-2-6-19-21)15(11-13)17-18-7-9-20(17)14-5-10-22-12-14/h2-4,6-9,11,14H,5,10,12H2,1H3/t14-/m1/s1. The normalized spacial score (nSPS) is 18.0. The Labute approximate surface area is 134 Å². The first kappa shape index (κ1) is 13.6. The fourth-order valence-electron chi connectivity index (χ4n) is 3.00. The van der Waals surface area contributed by atoms with Crippen LogP contribution in [0.5, 0.6) is 0 Å². The highest BCUT2D eigenvalue weighted by Crippen LogP contribution is 2.33. The maximum absolute atomic E-state index is 4.66. The van der Waals surface area contributed by atoms with E-state index in [9.17, 15) is 0 Å². The van der Waals surface area contributed by atoms with Crippen molar-refractivity contribution in [3.8, 4) is 17.1 Å². The average Bonchev–Trinajstić information content (AvgIpc) is 3.27. The predicted octanol–water partition coefficient (Wildman–Crippen LogP) is 3.72. The third kappa shape index (κ3) is 2.35. The lowest BCUT2D eigenvalue weighted by molar-refractivity contribution is 0.565. The van der Waals surface area contributed by atoms with Gasteiger partial charge in [0.1, 0.15) is 5.82 Å². The van der Waals surface area contributed by atoms with E-state index in [4.69, 9.17) is 0 Å². The van der Waals surface area contributed by atoms with Crippen LogP contribution in [0.1, 0.15) is 18.0 Å². The number of aromatic nitrogens is 4. The highest BCUT2D eigenvalue weighted by Gasteiger charge is 2.22. The second-order valence-electron chi connectivity index (χ2n) is 5.65. The number of rotatable bonds is 3. The summed E-state index contributed by atoms with van der Waals surface area (Å²) in [6, 6.07) is 8.95. The topological polar surface area (TPSA) is 35.6 Å². The molecule has 0 amide bonds. The first-order valence-electron chi connectivity index (χ1n) is 7.54. The van der Waals surface area contributed by atoms with Crippen LogP contribution in [0, 0.1) is 6.92 Å². The average molecular weight is 310 g/mol. The lowest BCUT2D eigenvalue weighted by Gasteiger charge is -2.17. The molecule has 4 nitrogen and oxygen atoms in total. The zero-order valence-electron chi connectivity index (χ0n) is 12.5. The Morgan fingerprint density at radius 2 is 2.18 bits per heavy atom. The van der Waals surface area contributed by atoms with Crippen molar-refractivity contribution in [1.82, 2.24) is 19.3 Å². The van der Waals surface area contributed by atoms with E-state index in [0.717, 1.165) is 17.1 Å². The molecule has 2 aromatic heterocycles. The number of benzene rings is 1. The summed E-state index contributed by atoms with van der Waals surface area (Å²) in [6.07, 6.45) is 9.03. The summed E-state index contributed by atoms with van der Waals surface area (Å²) < 4.78 is 4.25. The summed E-state index contributed by atoms with van der Waals surface area (Å²) in [6.45, 7) is 2.12. The Bertz CT molecular complexity index is 770. The number of hydrogen-bond donors (Lipinski definition) is 0. The summed E-state index contributed by atoms with van der Waals surface area (Å²) in [5.74, 6) is 3.45. The molecule has 1 aliphatic heterocycles. The summed E-state index contributed by atoms with van der Waals surface area (Å²) >= 11 is 2.02. The molecule has 1 atom stereocenters. The maximum Gasteiger partial charge on any atom is 0.142 e. The van der Waals surface area contributed by atoms with Crippen molar-refractivity contribution in [2.24, 2.45) is 0 Å². The van der Waals surface area contributed by atoms with E-state index < -0.39 is 0 Å². The molecule has 3 heterocycles. The van der Waals surface area contributed by atoms with Crippen LogP contribution in [-0.4, -0.2) is 30.8 Å². The summed E-state index contributed by atoms with van der Waals surface area (Å²) in [7, 11) is 0. The van der Waals surface area contributed by atoms with Gasteiger partial charge in [0.05, 0.1) is 5.69 Å². The molecule has 0 unspecified atom stereocenters. The molecule has 0 bridgehead atoms. The maximum atomic E-state index is 4.66. The molecule has 0 radical (unpaired) electrons.